The fourth-order valence-corrected chi connectivity index (χ4v) is 5.80. The first-order valence-electron chi connectivity index (χ1n) is 12.5. The highest BCUT2D eigenvalue weighted by Crippen LogP contribution is 2.36. The standard InChI is InChI=1S/C30H34N2O2/c1-34-29-15-9-8-14-27(29)30(33)32-21-26(28(22-32)25-12-6-3-7-13-25)20-31-18-16-24(17-19-31)23-10-4-2-5-11-23/h2-15,24,26,28H,16-22H2,1H3. The summed E-state index contributed by atoms with van der Waals surface area (Å²) in [6, 6.07) is 29.2. The molecule has 0 aromatic heterocycles. The van der Waals surface area contributed by atoms with Gasteiger partial charge in [0, 0.05) is 25.6 Å². The Morgan fingerprint density at radius 1 is 0.824 bits per heavy atom. The number of rotatable bonds is 6. The molecule has 2 saturated heterocycles. The van der Waals surface area contributed by atoms with Gasteiger partial charge in [-0.25, -0.2) is 0 Å². The van der Waals surface area contributed by atoms with Crippen molar-refractivity contribution in [2.75, 3.05) is 39.8 Å². The second kappa shape index (κ2) is 10.4. The summed E-state index contributed by atoms with van der Waals surface area (Å²) >= 11 is 0. The summed E-state index contributed by atoms with van der Waals surface area (Å²) in [6.45, 7) is 4.83. The maximum absolute atomic E-state index is 13.5. The first-order chi connectivity index (χ1) is 16.7. The van der Waals surface area contributed by atoms with E-state index in [0.717, 1.165) is 32.7 Å². The molecule has 4 heteroatoms. The van der Waals surface area contributed by atoms with Crippen LogP contribution in [-0.2, 0) is 0 Å². The zero-order valence-electron chi connectivity index (χ0n) is 20.0. The second-order valence-corrected chi connectivity index (χ2v) is 9.67. The molecule has 34 heavy (non-hydrogen) atoms. The summed E-state index contributed by atoms with van der Waals surface area (Å²) in [7, 11) is 1.63. The van der Waals surface area contributed by atoms with Crippen molar-refractivity contribution in [3.8, 4) is 5.75 Å². The smallest absolute Gasteiger partial charge is 0.257 e. The third kappa shape index (κ3) is 4.88. The minimum absolute atomic E-state index is 0.0728. The molecule has 2 aliphatic heterocycles. The lowest BCUT2D eigenvalue weighted by Gasteiger charge is -2.34. The van der Waals surface area contributed by atoms with E-state index < -0.39 is 0 Å². The average molecular weight is 455 g/mol. The molecule has 3 aromatic carbocycles. The summed E-state index contributed by atoms with van der Waals surface area (Å²) in [4.78, 5) is 18.1. The molecular weight excluding hydrogens is 420 g/mol. The first kappa shape index (κ1) is 22.7. The van der Waals surface area contributed by atoms with Gasteiger partial charge < -0.3 is 14.5 Å². The average Bonchev–Trinajstić information content (AvgIpc) is 3.33. The van der Waals surface area contributed by atoms with Crippen LogP contribution in [0.1, 0.15) is 46.2 Å². The van der Waals surface area contributed by atoms with Gasteiger partial charge in [-0.05, 0) is 61.0 Å². The number of likely N-dealkylation sites (tertiary alicyclic amines) is 2. The Labute approximate surface area is 203 Å². The molecule has 2 atom stereocenters. The van der Waals surface area contributed by atoms with E-state index in [-0.39, 0.29) is 5.91 Å². The quantitative estimate of drug-likeness (QED) is 0.498. The number of ether oxygens (including phenoxy) is 1. The van der Waals surface area contributed by atoms with Gasteiger partial charge in [0.1, 0.15) is 5.75 Å². The number of benzene rings is 3. The minimum Gasteiger partial charge on any atom is -0.496 e. The molecule has 3 aromatic rings. The second-order valence-electron chi connectivity index (χ2n) is 9.67. The molecule has 1 amide bonds. The number of hydrogen-bond donors (Lipinski definition) is 0. The number of para-hydroxylation sites is 1. The monoisotopic (exact) mass is 454 g/mol. The van der Waals surface area contributed by atoms with Crippen molar-refractivity contribution >= 4 is 5.91 Å². The molecule has 4 nitrogen and oxygen atoms in total. The Balaban J connectivity index is 1.29. The van der Waals surface area contributed by atoms with E-state index in [1.165, 1.54) is 24.0 Å². The normalized spacial score (nSPS) is 21.5. The van der Waals surface area contributed by atoms with Crippen LogP contribution in [0, 0.1) is 5.92 Å². The first-order valence-corrected chi connectivity index (χ1v) is 12.5. The van der Waals surface area contributed by atoms with E-state index in [4.69, 9.17) is 4.74 Å². The van der Waals surface area contributed by atoms with Gasteiger partial charge in [-0.1, -0.05) is 72.8 Å². The van der Waals surface area contributed by atoms with Gasteiger partial charge in [-0.15, -0.1) is 0 Å². The predicted molar refractivity (Wildman–Crippen MR) is 136 cm³/mol. The van der Waals surface area contributed by atoms with Gasteiger partial charge in [-0.2, -0.15) is 0 Å². The van der Waals surface area contributed by atoms with Gasteiger partial charge in [-0.3, -0.25) is 4.79 Å². The molecule has 0 N–H and O–H groups in total. The van der Waals surface area contributed by atoms with Crippen molar-refractivity contribution in [2.24, 2.45) is 5.92 Å². The summed E-state index contributed by atoms with van der Waals surface area (Å²) < 4.78 is 5.48. The van der Waals surface area contributed by atoms with E-state index >= 15 is 0 Å². The van der Waals surface area contributed by atoms with Crippen molar-refractivity contribution in [3.05, 3.63) is 102 Å². The number of methoxy groups -OCH3 is 1. The molecular formula is C30H34N2O2. The van der Waals surface area contributed by atoms with E-state index in [9.17, 15) is 4.79 Å². The summed E-state index contributed by atoms with van der Waals surface area (Å²) in [6.07, 6.45) is 2.41. The largest absolute Gasteiger partial charge is 0.496 e. The fraction of sp³-hybridized carbons (Fsp3) is 0.367. The molecule has 0 saturated carbocycles. The molecule has 0 radical (unpaired) electrons. The van der Waals surface area contributed by atoms with Crippen molar-refractivity contribution in [2.45, 2.75) is 24.7 Å². The van der Waals surface area contributed by atoms with Crippen molar-refractivity contribution in [3.63, 3.8) is 0 Å². The zero-order chi connectivity index (χ0) is 23.3. The topological polar surface area (TPSA) is 32.8 Å². The lowest BCUT2D eigenvalue weighted by atomic mass is 9.86. The third-order valence-corrected chi connectivity index (χ3v) is 7.64. The molecule has 5 rings (SSSR count). The highest BCUT2D eigenvalue weighted by atomic mass is 16.5. The number of carbonyl (C=O) groups excluding carboxylic acids is 1. The number of piperidine rings is 1. The van der Waals surface area contributed by atoms with E-state index in [2.05, 4.69) is 65.6 Å². The fourth-order valence-electron chi connectivity index (χ4n) is 5.80. The Kier molecular flexibility index (Phi) is 6.96. The lowest BCUT2D eigenvalue weighted by Crippen LogP contribution is -2.38. The Morgan fingerprint density at radius 3 is 2.12 bits per heavy atom. The molecule has 2 unspecified atom stereocenters. The highest BCUT2D eigenvalue weighted by Gasteiger charge is 2.38. The summed E-state index contributed by atoms with van der Waals surface area (Å²) in [5.74, 6) is 2.16. The molecule has 176 valence electrons. The molecule has 2 fully saturated rings. The van der Waals surface area contributed by atoms with Crippen molar-refractivity contribution in [1.29, 1.82) is 0 Å². The van der Waals surface area contributed by atoms with Crippen LogP contribution in [0.4, 0.5) is 0 Å². The van der Waals surface area contributed by atoms with Gasteiger partial charge in [0.05, 0.1) is 12.7 Å². The third-order valence-electron chi connectivity index (χ3n) is 7.64. The van der Waals surface area contributed by atoms with Crippen LogP contribution in [0.2, 0.25) is 0 Å². The van der Waals surface area contributed by atoms with Crippen LogP contribution < -0.4 is 4.74 Å². The maximum atomic E-state index is 13.5. The summed E-state index contributed by atoms with van der Waals surface area (Å²) in [5, 5.41) is 0. The summed E-state index contributed by atoms with van der Waals surface area (Å²) in [5.41, 5.74) is 3.46. The molecule has 2 heterocycles. The number of carbonyl (C=O) groups is 1. The zero-order valence-corrected chi connectivity index (χ0v) is 20.0. The molecule has 2 aliphatic rings. The minimum atomic E-state index is 0.0728. The van der Waals surface area contributed by atoms with Crippen LogP contribution in [-0.4, -0.2) is 55.5 Å². The van der Waals surface area contributed by atoms with Crippen LogP contribution in [0.25, 0.3) is 0 Å². The Bertz CT molecular complexity index is 1080. The Morgan fingerprint density at radius 2 is 1.44 bits per heavy atom. The SMILES string of the molecule is COc1ccccc1C(=O)N1CC(CN2CCC(c3ccccc3)CC2)C(c2ccccc2)C1. The Hall–Kier alpha value is -3.11. The van der Waals surface area contributed by atoms with Crippen LogP contribution in [0.5, 0.6) is 5.75 Å². The van der Waals surface area contributed by atoms with Crippen LogP contribution in [0.15, 0.2) is 84.9 Å². The molecule has 0 bridgehead atoms. The predicted octanol–water partition coefficient (Wildman–Crippen LogP) is 5.43. The van der Waals surface area contributed by atoms with Gasteiger partial charge in [0.15, 0.2) is 0 Å². The van der Waals surface area contributed by atoms with Gasteiger partial charge in [0.2, 0.25) is 0 Å². The van der Waals surface area contributed by atoms with Gasteiger partial charge >= 0.3 is 0 Å². The van der Waals surface area contributed by atoms with Crippen LogP contribution >= 0.6 is 0 Å². The number of hydrogen-bond acceptors (Lipinski definition) is 3. The van der Waals surface area contributed by atoms with E-state index in [1.807, 2.05) is 29.2 Å². The maximum Gasteiger partial charge on any atom is 0.257 e. The van der Waals surface area contributed by atoms with E-state index in [1.54, 1.807) is 7.11 Å². The van der Waals surface area contributed by atoms with E-state index in [0.29, 0.717) is 29.1 Å². The lowest BCUT2D eigenvalue weighted by molar-refractivity contribution is 0.0778. The van der Waals surface area contributed by atoms with Crippen LogP contribution in [0.3, 0.4) is 0 Å². The molecule has 0 aliphatic carbocycles. The highest BCUT2D eigenvalue weighted by molar-refractivity contribution is 5.97. The van der Waals surface area contributed by atoms with Gasteiger partial charge in [0.25, 0.3) is 5.91 Å². The van der Waals surface area contributed by atoms with Crippen molar-refractivity contribution in [1.82, 2.24) is 9.80 Å². The number of nitrogens with zero attached hydrogens (tertiary/aromatic N) is 2. The number of amides is 1. The van der Waals surface area contributed by atoms with Crippen molar-refractivity contribution < 1.29 is 9.53 Å². The molecule has 0 spiro atoms.